The molecule has 170 valence electrons. The Morgan fingerprint density at radius 1 is 1.06 bits per heavy atom. The molecule has 10 nitrogen and oxygen atoms in total. The summed E-state index contributed by atoms with van der Waals surface area (Å²) in [6.45, 7) is 5.72. The normalized spacial score (nSPS) is 18.0. The molecule has 2 saturated heterocycles. The number of imide groups is 2. The third-order valence-corrected chi connectivity index (χ3v) is 5.79. The number of carbonyl (C=O) groups excluding carboxylic acids is 3. The number of nitro benzene ring substituents is 1. The van der Waals surface area contributed by atoms with Crippen molar-refractivity contribution in [2.75, 3.05) is 36.1 Å². The summed E-state index contributed by atoms with van der Waals surface area (Å²) >= 11 is 0. The van der Waals surface area contributed by atoms with Crippen LogP contribution in [0.2, 0.25) is 0 Å². The molecule has 2 aliphatic rings. The van der Waals surface area contributed by atoms with Crippen LogP contribution < -0.4 is 15.1 Å². The molecule has 33 heavy (non-hydrogen) atoms. The number of carbonyl (C=O) groups is 3. The summed E-state index contributed by atoms with van der Waals surface area (Å²) in [5.74, 6) is -1.65. The standard InChI is InChI=1S/C23H22N4O6/c1-14-4-3-5-19(15(14)2)26-22(29)18(21(28)24-23(26)30)13-16-12-17(27(31)32)6-7-20(16)25-8-10-33-11-9-25/h3-7,12-13H,8-11H2,1-2H3,(H,24,28,30). The average Bonchev–Trinajstić information content (AvgIpc) is 2.79. The zero-order valence-corrected chi connectivity index (χ0v) is 18.2. The van der Waals surface area contributed by atoms with Crippen LogP contribution in [0.4, 0.5) is 21.9 Å². The number of benzene rings is 2. The van der Waals surface area contributed by atoms with Gasteiger partial charge in [0.2, 0.25) is 0 Å². The number of hydrogen-bond donors (Lipinski definition) is 1. The van der Waals surface area contributed by atoms with Crippen molar-refractivity contribution in [3.05, 3.63) is 68.8 Å². The van der Waals surface area contributed by atoms with E-state index in [2.05, 4.69) is 5.32 Å². The van der Waals surface area contributed by atoms with Crippen LogP contribution in [0, 0.1) is 24.0 Å². The number of hydrogen-bond acceptors (Lipinski definition) is 7. The smallest absolute Gasteiger partial charge is 0.335 e. The van der Waals surface area contributed by atoms with Crippen LogP contribution in [0.5, 0.6) is 0 Å². The Kier molecular flexibility index (Phi) is 5.93. The molecular formula is C23H22N4O6. The zero-order chi connectivity index (χ0) is 23.7. The number of morpholine rings is 1. The number of amides is 4. The van der Waals surface area contributed by atoms with E-state index in [9.17, 15) is 24.5 Å². The van der Waals surface area contributed by atoms with Crippen molar-refractivity contribution in [2.45, 2.75) is 13.8 Å². The molecule has 2 aromatic rings. The van der Waals surface area contributed by atoms with E-state index in [-0.39, 0.29) is 11.3 Å². The molecule has 4 rings (SSSR count). The summed E-state index contributed by atoms with van der Waals surface area (Å²) < 4.78 is 5.38. The first-order valence-electron chi connectivity index (χ1n) is 10.4. The van der Waals surface area contributed by atoms with Crippen molar-refractivity contribution in [2.24, 2.45) is 0 Å². The van der Waals surface area contributed by atoms with Crippen LogP contribution in [0.15, 0.2) is 42.0 Å². The maximum absolute atomic E-state index is 13.3. The number of nitrogens with one attached hydrogen (secondary N) is 1. The van der Waals surface area contributed by atoms with Gasteiger partial charge in [-0.25, -0.2) is 9.69 Å². The highest BCUT2D eigenvalue weighted by atomic mass is 16.6. The summed E-state index contributed by atoms with van der Waals surface area (Å²) in [4.78, 5) is 52.2. The van der Waals surface area contributed by atoms with E-state index < -0.39 is 22.8 Å². The molecule has 0 radical (unpaired) electrons. The van der Waals surface area contributed by atoms with E-state index in [4.69, 9.17) is 4.74 Å². The SMILES string of the molecule is Cc1cccc(N2C(=O)NC(=O)C(=Cc3cc([N+](=O)[O-])ccc3N3CCOCC3)C2=O)c1C. The summed E-state index contributed by atoms with van der Waals surface area (Å²) in [6.07, 6.45) is 1.31. The molecule has 2 heterocycles. The van der Waals surface area contributed by atoms with Crippen LogP contribution in [-0.4, -0.2) is 49.1 Å². The van der Waals surface area contributed by atoms with Gasteiger partial charge in [-0.15, -0.1) is 0 Å². The Hall–Kier alpha value is -4.05. The molecular weight excluding hydrogens is 428 g/mol. The molecule has 0 aromatic heterocycles. The Bertz CT molecular complexity index is 1200. The number of anilines is 2. The zero-order valence-electron chi connectivity index (χ0n) is 18.2. The van der Waals surface area contributed by atoms with Gasteiger partial charge in [0.25, 0.3) is 17.5 Å². The van der Waals surface area contributed by atoms with E-state index in [1.165, 1.54) is 18.2 Å². The summed E-state index contributed by atoms with van der Waals surface area (Å²) in [7, 11) is 0. The lowest BCUT2D eigenvalue weighted by Gasteiger charge is -2.31. The van der Waals surface area contributed by atoms with Crippen LogP contribution >= 0.6 is 0 Å². The quantitative estimate of drug-likeness (QED) is 0.329. The number of non-ortho nitro benzene ring substituents is 1. The van der Waals surface area contributed by atoms with Gasteiger partial charge < -0.3 is 9.64 Å². The predicted octanol–water partition coefficient (Wildman–Crippen LogP) is 2.71. The van der Waals surface area contributed by atoms with Crippen molar-refractivity contribution in [3.8, 4) is 0 Å². The van der Waals surface area contributed by atoms with Gasteiger partial charge in [0.15, 0.2) is 0 Å². The molecule has 4 amide bonds. The van der Waals surface area contributed by atoms with E-state index in [1.54, 1.807) is 25.1 Å². The third-order valence-electron chi connectivity index (χ3n) is 5.79. The predicted molar refractivity (Wildman–Crippen MR) is 121 cm³/mol. The maximum atomic E-state index is 13.3. The Balaban J connectivity index is 1.81. The van der Waals surface area contributed by atoms with E-state index in [0.717, 1.165) is 16.0 Å². The highest BCUT2D eigenvalue weighted by Crippen LogP contribution is 2.31. The number of nitro groups is 1. The largest absolute Gasteiger partial charge is 0.378 e. The molecule has 2 aromatic carbocycles. The molecule has 0 saturated carbocycles. The van der Waals surface area contributed by atoms with Crippen molar-refractivity contribution in [3.63, 3.8) is 0 Å². The molecule has 0 atom stereocenters. The van der Waals surface area contributed by atoms with Crippen molar-refractivity contribution >= 4 is 41.0 Å². The lowest BCUT2D eigenvalue weighted by molar-refractivity contribution is -0.384. The van der Waals surface area contributed by atoms with Crippen molar-refractivity contribution in [1.82, 2.24) is 5.32 Å². The lowest BCUT2D eigenvalue weighted by Crippen LogP contribution is -2.54. The second-order valence-electron chi connectivity index (χ2n) is 7.78. The minimum atomic E-state index is -0.856. The molecule has 1 N–H and O–H groups in total. The first-order valence-corrected chi connectivity index (χ1v) is 10.4. The fraction of sp³-hybridized carbons (Fsp3) is 0.261. The molecule has 2 aliphatic heterocycles. The number of aryl methyl sites for hydroxylation is 1. The molecule has 10 heteroatoms. The molecule has 2 fully saturated rings. The Morgan fingerprint density at radius 2 is 1.79 bits per heavy atom. The minimum Gasteiger partial charge on any atom is -0.378 e. The van der Waals surface area contributed by atoms with E-state index in [0.29, 0.717) is 43.2 Å². The van der Waals surface area contributed by atoms with Crippen molar-refractivity contribution < 1.29 is 24.0 Å². The highest BCUT2D eigenvalue weighted by Gasteiger charge is 2.38. The van der Waals surface area contributed by atoms with Gasteiger partial charge in [-0.05, 0) is 43.2 Å². The van der Waals surface area contributed by atoms with Gasteiger partial charge >= 0.3 is 6.03 Å². The van der Waals surface area contributed by atoms with Crippen LogP contribution in [0.3, 0.4) is 0 Å². The van der Waals surface area contributed by atoms with Crippen molar-refractivity contribution in [1.29, 1.82) is 0 Å². The first-order chi connectivity index (χ1) is 15.8. The fourth-order valence-electron chi connectivity index (χ4n) is 3.87. The second-order valence-corrected chi connectivity index (χ2v) is 7.78. The summed E-state index contributed by atoms with van der Waals surface area (Å²) in [5, 5.41) is 13.6. The molecule has 0 unspecified atom stereocenters. The number of rotatable bonds is 4. The van der Waals surface area contributed by atoms with Gasteiger partial charge in [-0.2, -0.15) is 0 Å². The van der Waals surface area contributed by atoms with E-state index >= 15 is 0 Å². The number of nitrogens with zero attached hydrogens (tertiary/aromatic N) is 3. The first kappa shape index (κ1) is 22.2. The van der Waals surface area contributed by atoms with Gasteiger partial charge in [0, 0.05) is 36.5 Å². The van der Waals surface area contributed by atoms with Gasteiger partial charge in [0.1, 0.15) is 5.57 Å². The fourth-order valence-corrected chi connectivity index (χ4v) is 3.87. The highest BCUT2D eigenvalue weighted by molar-refractivity contribution is 6.39. The molecule has 0 bridgehead atoms. The van der Waals surface area contributed by atoms with Gasteiger partial charge in [-0.3, -0.25) is 25.0 Å². The van der Waals surface area contributed by atoms with E-state index in [1.807, 2.05) is 17.9 Å². The second kappa shape index (κ2) is 8.83. The summed E-state index contributed by atoms with van der Waals surface area (Å²) in [5.41, 5.74) is 2.47. The minimum absolute atomic E-state index is 0.176. The maximum Gasteiger partial charge on any atom is 0.335 e. The topological polar surface area (TPSA) is 122 Å². The third kappa shape index (κ3) is 4.20. The number of barbiturate groups is 1. The van der Waals surface area contributed by atoms with Crippen LogP contribution in [0.1, 0.15) is 16.7 Å². The van der Waals surface area contributed by atoms with Crippen LogP contribution in [0.25, 0.3) is 6.08 Å². The average molecular weight is 450 g/mol. The van der Waals surface area contributed by atoms with Gasteiger partial charge in [-0.1, -0.05) is 12.1 Å². The molecule has 0 spiro atoms. The molecule has 0 aliphatic carbocycles. The summed E-state index contributed by atoms with van der Waals surface area (Å²) in [6, 6.07) is 8.63. The lowest BCUT2D eigenvalue weighted by atomic mass is 10.0. The van der Waals surface area contributed by atoms with Crippen LogP contribution in [-0.2, 0) is 14.3 Å². The monoisotopic (exact) mass is 450 g/mol. The van der Waals surface area contributed by atoms with Gasteiger partial charge in [0.05, 0.1) is 23.8 Å². The number of ether oxygens (including phenoxy) is 1. The number of urea groups is 1. The Labute approximate surface area is 189 Å². The Morgan fingerprint density at radius 3 is 2.48 bits per heavy atom.